The Morgan fingerprint density at radius 2 is 2.50 bits per heavy atom. The second kappa shape index (κ2) is 4.21. The van der Waals surface area contributed by atoms with Gasteiger partial charge < -0.3 is 5.11 Å². The number of thiazole rings is 1. The van der Waals surface area contributed by atoms with Crippen molar-refractivity contribution in [2.75, 3.05) is 0 Å². The molecular formula is C8H10NO2S. The smallest absolute Gasteiger partial charge is 0.308 e. The Kier molecular flexibility index (Phi) is 3.22. The number of aryl methyl sites for hydroxylation is 1. The van der Waals surface area contributed by atoms with Gasteiger partial charge in [0.25, 0.3) is 0 Å². The number of aliphatic carboxylic acids is 1. The van der Waals surface area contributed by atoms with E-state index in [-0.39, 0.29) is 6.42 Å². The number of carboxylic acid groups (broad SMARTS) is 1. The van der Waals surface area contributed by atoms with Gasteiger partial charge in [0.05, 0.1) is 12.1 Å². The molecule has 0 amide bonds. The molecule has 0 aliphatic rings. The molecule has 1 radical (unpaired) electrons. The van der Waals surface area contributed by atoms with Crippen LogP contribution in [-0.4, -0.2) is 16.1 Å². The van der Waals surface area contributed by atoms with E-state index in [4.69, 9.17) is 5.11 Å². The number of carbonyl (C=O) groups is 1. The predicted molar refractivity (Wildman–Crippen MR) is 46.3 cm³/mol. The van der Waals surface area contributed by atoms with Crippen LogP contribution in [0.1, 0.15) is 23.9 Å². The van der Waals surface area contributed by atoms with E-state index in [0.717, 1.165) is 23.4 Å². The maximum absolute atomic E-state index is 10.4. The van der Waals surface area contributed by atoms with E-state index in [2.05, 4.69) is 10.5 Å². The van der Waals surface area contributed by atoms with Gasteiger partial charge in [0.2, 0.25) is 0 Å². The lowest BCUT2D eigenvalue weighted by molar-refractivity contribution is -0.136. The van der Waals surface area contributed by atoms with Gasteiger partial charge in [-0.2, -0.15) is 0 Å². The Balaban J connectivity index is 2.69. The number of hydrogen-bond acceptors (Lipinski definition) is 3. The lowest BCUT2D eigenvalue weighted by Crippen LogP contribution is -2.01. The van der Waals surface area contributed by atoms with E-state index in [0.29, 0.717) is 0 Å². The standard InChI is InChI=1S/C8H10NO2S/c1-2-3-6-7(4-8(10)11)12-5-9-6/h2-4H2,1H3,(H,10,11). The lowest BCUT2D eigenvalue weighted by atomic mass is 10.2. The number of carboxylic acids is 1. The Bertz CT molecular complexity index is 270. The topological polar surface area (TPSA) is 50.2 Å². The molecule has 0 saturated heterocycles. The predicted octanol–water partition coefficient (Wildman–Crippen LogP) is 1.52. The maximum atomic E-state index is 10.4. The van der Waals surface area contributed by atoms with Gasteiger partial charge in [-0.3, -0.25) is 4.79 Å². The average molecular weight is 184 g/mol. The fraction of sp³-hybridized carbons (Fsp3) is 0.500. The zero-order chi connectivity index (χ0) is 8.97. The minimum atomic E-state index is -0.801. The first kappa shape index (κ1) is 9.19. The van der Waals surface area contributed by atoms with Crippen LogP contribution in [0.4, 0.5) is 0 Å². The fourth-order valence-corrected chi connectivity index (χ4v) is 1.69. The molecule has 0 aromatic carbocycles. The highest BCUT2D eigenvalue weighted by molar-refractivity contribution is 7.09. The highest BCUT2D eigenvalue weighted by Gasteiger charge is 2.08. The fourth-order valence-electron chi connectivity index (χ4n) is 0.962. The minimum absolute atomic E-state index is 0.0799. The molecule has 1 N–H and O–H groups in total. The summed E-state index contributed by atoms with van der Waals surface area (Å²) >= 11 is 1.30. The molecule has 3 nitrogen and oxygen atoms in total. The molecule has 0 aliphatic heterocycles. The van der Waals surface area contributed by atoms with Gasteiger partial charge in [0.1, 0.15) is 0 Å². The Morgan fingerprint density at radius 3 is 3.08 bits per heavy atom. The van der Waals surface area contributed by atoms with Crippen LogP contribution in [-0.2, 0) is 17.6 Å². The van der Waals surface area contributed by atoms with Crippen molar-refractivity contribution in [1.82, 2.24) is 4.98 Å². The molecule has 1 heterocycles. The van der Waals surface area contributed by atoms with Crippen molar-refractivity contribution in [1.29, 1.82) is 0 Å². The summed E-state index contributed by atoms with van der Waals surface area (Å²) in [7, 11) is 0. The first-order chi connectivity index (χ1) is 5.74. The number of nitrogens with zero attached hydrogens (tertiary/aromatic N) is 1. The first-order valence-electron chi connectivity index (χ1n) is 3.80. The molecule has 0 bridgehead atoms. The zero-order valence-corrected chi connectivity index (χ0v) is 7.65. The van der Waals surface area contributed by atoms with Crippen LogP contribution in [0.3, 0.4) is 0 Å². The number of aromatic nitrogens is 1. The van der Waals surface area contributed by atoms with E-state index in [1.807, 2.05) is 6.92 Å². The van der Waals surface area contributed by atoms with E-state index in [1.54, 1.807) is 0 Å². The Labute approximate surface area is 75.1 Å². The molecule has 65 valence electrons. The van der Waals surface area contributed by atoms with Crippen molar-refractivity contribution in [3.05, 3.63) is 16.1 Å². The molecule has 1 aromatic rings. The zero-order valence-electron chi connectivity index (χ0n) is 6.83. The molecule has 0 saturated carbocycles. The number of hydrogen-bond donors (Lipinski definition) is 1. The van der Waals surface area contributed by atoms with E-state index < -0.39 is 5.97 Å². The van der Waals surface area contributed by atoms with E-state index in [1.165, 1.54) is 11.3 Å². The molecule has 1 rings (SSSR count). The van der Waals surface area contributed by atoms with Gasteiger partial charge in [0.15, 0.2) is 5.51 Å². The second-order valence-electron chi connectivity index (χ2n) is 2.50. The first-order valence-corrected chi connectivity index (χ1v) is 4.62. The molecule has 0 unspecified atom stereocenters. The second-order valence-corrected chi connectivity index (χ2v) is 3.38. The third-order valence-electron chi connectivity index (χ3n) is 1.47. The Hall–Kier alpha value is -0.900. The van der Waals surface area contributed by atoms with Crippen LogP contribution >= 0.6 is 11.3 Å². The summed E-state index contributed by atoms with van der Waals surface area (Å²) in [6, 6.07) is 0. The summed E-state index contributed by atoms with van der Waals surface area (Å²) in [5.41, 5.74) is 3.61. The van der Waals surface area contributed by atoms with Crippen molar-refractivity contribution in [3.63, 3.8) is 0 Å². The molecule has 0 fully saturated rings. The SMILES string of the molecule is CCCc1n[c]sc1CC(=O)O. The summed E-state index contributed by atoms with van der Waals surface area (Å²) in [4.78, 5) is 15.2. The largest absolute Gasteiger partial charge is 0.481 e. The lowest BCUT2D eigenvalue weighted by Gasteiger charge is -1.95. The van der Waals surface area contributed by atoms with Crippen LogP contribution in [0, 0.1) is 5.51 Å². The monoisotopic (exact) mass is 184 g/mol. The Morgan fingerprint density at radius 1 is 1.75 bits per heavy atom. The third kappa shape index (κ3) is 2.30. The van der Waals surface area contributed by atoms with Crippen LogP contribution < -0.4 is 0 Å². The third-order valence-corrected chi connectivity index (χ3v) is 2.28. The molecule has 0 aliphatic carbocycles. The average Bonchev–Trinajstić information content (AvgIpc) is 2.37. The maximum Gasteiger partial charge on any atom is 0.308 e. The quantitative estimate of drug-likeness (QED) is 0.771. The van der Waals surface area contributed by atoms with Crippen LogP contribution in [0.15, 0.2) is 0 Å². The van der Waals surface area contributed by atoms with E-state index in [9.17, 15) is 4.79 Å². The molecule has 4 heteroatoms. The summed E-state index contributed by atoms with van der Waals surface area (Å²) in [5, 5.41) is 8.54. The summed E-state index contributed by atoms with van der Waals surface area (Å²) in [5.74, 6) is -0.801. The van der Waals surface area contributed by atoms with E-state index >= 15 is 0 Å². The van der Waals surface area contributed by atoms with Gasteiger partial charge in [0, 0.05) is 4.88 Å². The molecule has 12 heavy (non-hydrogen) atoms. The van der Waals surface area contributed by atoms with Crippen molar-refractivity contribution < 1.29 is 9.90 Å². The van der Waals surface area contributed by atoms with Crippen LogP contribution in [0.25, 0.3) is 0 Å². The van der Waals surface area contributed by atoms with Crippen molar-refractivity contribution in [3.8, 4) is 0 Å². The number of rotatable bonds is 4. The van der Waals surface area contributed by atoms with Crippen molar-refractivity contribution >= 4 is 17.3 Å². The van der Waals surface area contributed by atoms with Gasteiger partial charge in [-0.15, -0.1) is 11.3 Å². The highest BCUT2D eigenvalue weighted by Crippen LogP contribution is 2.14. The highest BCUT2D eigenvalue weighted by atomic mass is 32.1. The van der Waals surface area contributed by atoms with Crippen LogP contribution in [0.5, 0.6) is 0 Å². The summed E-state index contributed by atoms with van der Waals surface area (Å²) < 4.78 is 0. The normalized spacial score (nSPS) is 10.1. The van der Waals surface area contributed by atoms with Crippen molar-refractivity contribution in [2.45, 2.75) is 26.2 Å². The van der Waals surface area contributed by atoms with Crippen molar-refractivity contribution in [2.24, 2.45) is 0 Å². The molecule has 0 atom stereocenters. The van der Waals surface area contributed by atoms with Gasteiger partial charge in [-0.25, -0.2) is 4.98 Å². The minimum Gasteiger partial charge on any atom is -0.481 e. The van der Waals surface area contributed by atoms with Gasteiger partial charge in [-0.05, 0) is 6.42 Å². The van der Waals surface area contributed by atoms with Gasteiger partial charge in [-0.1, -0.05) is 13.3 Å². The van der Waals surface area contributed by atoms with Gasteiger partial charge >= 0.3 is 5.97 Å². The summed E-state index contributed by atoms with van der Waals surface area (Å²) in [6.07, 6.45) is 1.92. The van der Waals surface area contributed by atoms with Crippen LogP contribution in [0.2, 0.25) is 0 Å². The molecular weight excluding hydrogens is 174 g/mol. The molecule has 0 spiro atoms. The molecule has 1 aromatic heterocycles. The summed E-state index contributed by atoms with van der Waals surface area (Å²) in [6.45, 7) is 2.05.